The van der Waals surface area contributed by atoms with Crippen LogP contribution < -0.4 is 5.32 Å². The van der Waals surface area contributed by atoms with E-state index in [9.17, 15) is 20.0 Å². The number of hydrogen-bond donors (Lipinski definition) is 2. The number of amides is 1. The van der Waals surface area contributed by atoms with Gasteiger partial charge in [-0.25, -0.2) is 0 Å². The maximum Gasteiger partial charge on any atom is 0.273 e. The van der Waals surface area contributed by atoms with Gasteiger partial charge >= 0.3 is 0 Å². The van der Waals surface area contributed by atoms with Gasteiger partial charge in [0.05, 0.1) is 16.7 Å². The van der Waals surface area contributed by atoms with Crippen LogP contribution in [-0.2, 0) is 0 Å². The molecule has 0 radical (unpaired) electrons. The summed E-state index contributed by atoms with van der Waals surface area (Å²) in [6, 6.07) is 9.00. The number of aryl methyl sites for hydroxylation is 2. The molecule has 21 heavy (non-hydrogen) atoms. The van der Waals surface area contributed by atoms with Crippen molar-refractivity contribution in [3.8, 4) is 5.75 Å². The van der Waals surface area contributed by atoms with E-state index >= 15 is 0 Å². The van der Waals surface area contributed by atoms with Crippen molar-refractivity contribution in [1.29, 1.82) is 0 Å². The number of benzene rings is 2. The summed E-state index contributed by atoms with van der Waals surface area (Å²) in [5.41, 5.74) is 2.13. The molecule has 0 bridgehead atoms. The highest BCUT2D eigenvalue weighted by atomic mass is 16.6. The third kappa shape index (κ3) is 3.17. The monoisotopic (exact) mass is 286 g/mol. The Morgan fingerprint density at radius 2 is 1.90 bits per heavy atom. The predicted molar refractivity (Wildman–Crippen MR) is 78.6 cm³/mol. The van der Waals surface area contributed by atoms with E-state index in [1.165, 1.54) is 12.1 Å². The van der Waals surface area contributed by atoms with Crippen molar-refractivity contribution in [2.24, 2.45) is 0 Å². The average Bonchev–Trinajstić information content (AvgIpc) is 2.43. The molecule has 0 aliphatic rings. The number of non-ortho nitro benzene ring substituents is 1. The lowest BCUT2D eigenvalue weighted by Crippen LogP contribution is -2.13. The van der Waals surface area contributed by atoms with Crippen LogP contribution in [0.15, 0.2) is 36.4 Å². The third-order valence-electron chi connectivity index (χ3n) is 3.08. The Bertz CT molecular complexity index is 726. The topological polar surface area (TPSA) is 92.5 Å². The summed E-state index contributed by atoms with van der Waals surface area (Å²) >= 11 is 0. The van der Waals surface area contributed by atoms with E-state index in [2.05, 4.69) is 5.32 Å². The van der Waals surface area contributed by atoms with Crippen LogP contribution in [0.2, 0.25) is 0 Å². The number of hydrogen-bond acceptors (Lipinski definition) is 4. The normalized spacial score (nSPS) is 10.2. The molecule has 0 aromatic heterocycles. The summed E-state index contributed by atoms with van der Waals surface area (Å²) in [5.74, 6) is -0.719. The highest BCUT2D eigenvalue weighted by Gasteiger charge is 2.14. The second-order valence-corrected chi connectivity index (χ2v) is 4.73. The number of nitro benzene ring substituents is 1. The van der Waals surface area contributed by atoms with E-state index in [4.69, 9.17) is 0 Å². The molecule has 2 aromatic carbocycles. The third-order valence-corrected chi connectivity index (χ3v) is 3.08. The Labute approximate surface area is 121 Å². The molecule has 6 nitrogen and oxygen atoms in total. The van der Waals surface area contributed by atoms with E-state index < -0.39 is 4.92 Å². The number of rotatable bonds is 3. The maximum atomic E-state index is 12.2. The van der Waals surface area contributed by atoms with Crippen LogP contribution in [0.3, 0.4) is 0 Å². The molecule has 0 aliphatic heterocycles. The Kier molecular flexibility index (Phi) is 3.89. The van der Waals surface area contributed by atoms with E-state index in [1.54, 1.807) is 6.07 Å². The van der Waals surface area contributed by atoms with Crippen molar-refractivity contribution in [2.45, 2.75) is 13.8 Å². The molecule has 108 valence electrons. The zero-order valence-corrected chi connectivity index (χ0v) is 11.6. The molecule has 0 atom stereocenters. The minimum absolute atomic E-state index is 0.131. The molecule has 2 aromatic rings. The first-order valence-electron chi connectivity index (χ1n) is 6.24. The first kappa shape index (κ1) is 14.5. The van der Waals surface area contributed by atoms with Crippen molar-refractivity contribution >= 4 is 17.3 Å². The minimum atomic E-state index is -0.615. The van der Waals surface area contributed by atoms with E-state index in [-0.39, 0.29) is 23.0 Å². The fourth-order valence-corrected chi connectivity index (χ4v) is 1.91. The van der Waals surface area contributed by atoms with Gasteiger partial charge in [-0.15, -0.1) is 0 Å². The number of phenolic OH excluding ortho intramolecular Hbond substituents is 1. The number of carbonyl (C=O) groups is 1. The van der Waals surface area contributed by atoms with Gasteiger partial charge in [-0.2, -0.15) is 0 Å². The number of anilines is 1. The standard InChI is InChI=1S/C15H14N2O4/c1-9-3-4-10(2)12(7-9)15(19)16-13-6-5-11(17(20)21)8-14(13)18/h3-8,18H,1-2H3,(H,16,19). The molecule has 6 heteroatoms. The van der Waals surface area contributed by atoms with Crippen LogP contribution in [0.5, 0.6) is 5.75 Å². The molecular weight excluding hydrogens is 272 g/mol. The van der Waals surface area contributed by atoms with Gasteiger partial charge in [0.2, 0.25) is 0 Å². The van der Waals surface area contributed by atoms with Crippen molar-refractivity contribution in [3.05, 3.63) is 63.2 Å². The number of nitro groups is 1. The van der Waals surface area contributed by atoms with Gasteiger partial charge in [0.25, 0.3) is 11.6 Å². The van der Waals surface area contributed by atoms with E-state index in [0.29, 0.717) is 5.56 Å². The van der Waals surface area contributed by atoms with E-state index in [0.717, 1.165) is 17.2 Å². The summed E-state index contributed by atoms with van der Waals surface area (Å²) in [5, 5.41) is 22.9. The average molecular weight is 286 g/mol. The van der Waals surface area contributed by atoms with E-state index in [1.807, 2.05) is 26.0 Å². The predicted octanol–water partition coefficient (Wildman–Crippen LogP) is 3.17. The summed E-state index contributed by atoms with van der Waals surface area (Å²) in [4.78, 5) is 22.2. The van der Waals surface area contributed by atoms with Crippen LogP contribution in [0.1, 0.15) is 21.5 Å². The van der Waals surface area contributed by atoms with Gasteiger partial charge < -0.3 is 10.4 Å². The molecule has 0 saturated heterocycles. The van der Waals surface area contributed by atoms with Gasteiger partial charge in [-0.1, -0.05) is 17.7 Å². The number of phenols is 1. The van der Waals surface area contributed by atoms with Crippen LogP contribution in [0.4, 0.5) is 11.4 Å². The number of aromatic hydroxyl groups is 1. The SMILES string of the molecule is Cc1ccc(C)c(C(=O)Nc2ccc([N+](=O)[O-])cc2O)c1. The van der Waals surface area contributed by atoms with Crippen LogP contribution in [0, 0.1) is 24.0 Å². The van der Waals surface area contributed by atoms with Crippen molar-refractivity contribution in [3.63, 3.8) is 0 Å². The smallest absolute Gasteiger partial charge is 0.273 e. The van der Waals surface area contributed by atoms with Crippen LogP contribution in [0.25, 0.3) is 0 Å². The fraction of sp³-hybridized carbons (Fsp3) is 0.133. The highest BCUT2D eigenvalue weighted by Crippen LogP contribution is 2.28. The summed E-state index contributed by atoms with van der Waals surface area (Å²) in [7, 11) is 0. The van der Waals surface area contributed by atoms with Gasteiger partial charge in [0.15, 0.2) is 0 Å². The first-order valence-corrected chi connectivity index (χ1v) is 6.24. The molecule has 2 N–H and O–H groups in total. The lowest BCUT2D eigenvalue weighted by atomic mass is 10.0. The molecule has 0 unspecified atom stereocenters. The maximum absolute atomic E-state index is 12.2. The quantitative estimate of drug-likeness (QED) is 0.515. The second kappa shape index (κ2) is 5.62. The molecule has 1 amide bonds. The molecular formula is C15H14N2O4. The van der Waals surface area contributed by atoms with Gasteiger partial charge in [-0.05, 0) is 31.5 Å². The zero-order chi connectivity index (χ0) is 15.6. The first-order chi connectivity index (χ1) is 9.88. The molecule has 2 rings (SSSR count). The minimum Gasteiger partial charge on any atom is -0.506 e. The summed E-state index contributed by atoms with van der Waals surface area (Å²) in [6.45, 7) is 3.68. The molecule has 0 aliphatic carbocycles. The van der Waals surface area contributed by atoms with Crippen molar-refractivity contribution in [2.75, 3.05) is 5.32 Å². The Morgan fingerprint density at radius 1 is 1.19 bits per heavy atom. The second-order valence-electron chi connectivity index (χ2n) is 4.73. The van der Waals surface area contributed by atoms with Gasteiger partial charge in [-0.3, -0.25) is 14.9 Å². The highest BCUT2D eigenvalue weighted by molar-refractivity contribution is 6.06. The summed E-state index contributed by atoms with van der Waals surface area (Å²) in [6.07, 6.45) is 0. The van der Waals surface area contributed by atoms with Gasteiger partial charge in [0.1, 0.15) is 5.75 Å². The molecule has 0 fully saturated rings. The Hall–Kier alpha value is -2.89. The van der Waals surface area contributed by atoms with Crippen molar-refractivity contribution < 1.29 is 14.8 Å². The summed E-state index contributed by atoms with van der Waals surface area (Å²) < 4.78 is 0. The van der Waals surface area contributed by atoms with Crippen molar-refractivity contribution in [1.82, 2.24) is 0 Å². The molecule has 0 saturated carbocycles. The Morgan fingerprint density at radius 3 is 2.52 bits per heavy atom. The molecule has 0 heterocycles. The largest absolute Gasteiger partial charge is 0.506 e. The lowest BCUT2D eigenvalue weighted by molar-refractivity contribution is -0.384. The van der Waals surface area contributed by atoms with Crippen LogP contribution in [-0.4, -0.2) is 15.9 Å². The lowest BCUT2D eigenvalue weighted by Gasteiger charge is -2.09. The van der Waals surface area contributed by atoms with Gasteiger partial charge in [0, 0.05) is 11.6 Å². The number of nitrogens with one attached hydrogen (secondary N) is 1. The Balaban J connectivity index is 2.27. The molecule has 0 spiro atoms. The number of nitrogens with zero attached hydrogens (tertiary/aromatic N) is 1. The fourth-order valence-electron chi connectivity index (χ4n) is 1.91. The number of carbonyl (C=O) groups excluding carboxylic acids is 1. The van der Waals surface area contributed by atoms with Crippen LogP contribution >= 0.6 is 0 Å². The zero-order valence-electron chi connectivity index (χ0n) is 11.6.